The van der Waals surface area contributed by atoms with Crippen molar-refractivity contribution in [2.45, 2.75) is 32.3 Å². The molecule has 1 unspecified atom stereocenters. The monoisotopic (exact) mass is 186 g/mol. The van der Waals surface area contributed by atoms with E-state index in [1.54, 1.807) is 0 Å². The van der Waals surface area contributed by atoms with Gasteiger partial charge in [-0.15, -0.1) is 0 Å². The van der Waals surface area contributed by atoms with Crippen molar-refractivity contribution < 1.29 is 5.11 Å². The summed E-state index contributed by atoms with van der Waals surface area (Å²) >= 11 is 0. The van der Waals surface area contributed by atoms with Gasteiger partial charge in [0.1, 0.15) is 0 Å². The maximum Gasteiger partial charge on any atom is 0.0746 e. The van der Waals surface area contributed by atoms with Gasteiger partial charge in [-0.3, -0.25) is 4.90 Å². The second-order valence-electron chi connectivity index (χ2n) is 4.23. The van der Waals surface area contributed by atoms with Gasteiger partial charge in [-0.2, -0.15) is 0 Å². The fourth-order valence-electron chi connectivity index (χ4n) is 1.93. The number of likely N-dealkylation sites (N-methyl/N-ethyl adjacent to an activating group) is 1. The molecule has 1 aliphatic heterocycles. The topological polar surface area (TPSA) is 35.5 Å². The molecule has 0 aromatic rings. The lowest BCUT2D eigenvalue weighted by Gasteiger charge is -2.36. The highest BCUT2D eigenvalue weighted by Gasteiger charge is 2.27. The van der Waals surface area contributed by atoms with E-state index < -0.39 is 5.60 Å². The van der Waals surface area contributed by atoms with Crippen LogP contribution in [0.5, 0.6) is 0 Å². The van der Waals surface area contributed by atoms with E-state index in [2.05, 4.69) is 17.1 Å². The van der Waals surface area contributed by atoms with Crippen LogP contribution in [0.3, 0.4) is 0 Å². The number of β-amino-alcohol motifs (C(OH)–C–C–N with tert-alkyl or cyclic N) is 1. The van der Waals surface area contributed by atoms with Gasteiger partial charge in [0.25, 0.3) is 0 Å². The first-order valence-corrected chi connectivity index (χ1v) is 5.29. The summed E-state index contributed by atoms with van der Waals surface area (Å²) in [6.45, 7) is 9.15. The first-order chi connectivity index (χ1) is 6.14. The van der Waals surface area contributed by atoms with Crippen molar-refractivity contribution in [3.05, 3.63) is 0 Å². The minimum absolute atomic E-state index is 0.454. The minimum Gasteiger partial charge on any atom is -0.389 e. The average Bonchev–Trinajstić information content (AvgIpc) is 2.03. The number of likely N-dealkylation sites (tertiary alicyclic amines) is 1. The molecule has 0 aromatic heterocycles. The lowest BCUT2D eigenvalue weighted by atomic mass is 9.95. The van der Waals surface area contributed by atoms with E-state index in [0.717, 1.165) is 45.6 Å². The maximum absolute atomic E-state index is 9.84. The molecule has 1 rings (SSSR count). The second-order valence-corrected chi connectivity index (χ2v) is 4.23. The highest BCUT2D eigenvalue weighted by atomic mass is 16.3. The van der Waals surface area contributed by atoms with Crippen LogP contribution < -0.4 is 5.32 Å². The summed E-state index contributed by atoms with van der Waals surface area (Å²) in [5.74, 6) is 0. The number of nitrogens with zero attached hydrogens (tertiary/aromatic N) is 1. The van der Waals surface area contributed by atoms with Crippen molar-refractivity contribution in [2.75, 3.05) is 32.7 Å². The Kier molecular flexibility index (Phi) is 4.16. The van der Waals surface area contributed by atoms with Crippen LogP contribution in [-0.2, 0) is 0 Å². The molecule has 1 atom stereocenters. The number of hydrogen-bond donors (Lipinski definition) is 2. The van der Waals surface area contributed by atoms with Gasteiger partial charge in [-0.1, -0.05) is 6.92 Å². The maximum atomic E-state index is 9.84. The van der Waals surface area contributed by atoms with Crippen LogP contribution in [0.15, 0.2) is 0 Å². The molecule has 0 amide bonds. The fraction of sp³-hybridized carbons (Fsp3) is 1.00. The van der Waals surface area contributed by atoms with Gasteiger partial charge in [-0.25, -0.2) is 0 Å². The van der Waals surface area contributed by atoms with Crippen molar-refractivity contribution in [3.63, 3.8) is 0 Å². The van der Waals surface area contributed by atoms with Crippen molar-refractivity contribution in [2.24, 2.45) is 0 Å². The van der Waals surface area contributed by atoms with E-state index in [9.17, 15) is 5.11 Å². The summed E-state index contributed by atoms with van der Waals surface area (Å²) in [4.78, 5) is 2.34. The molecule has 1 aliphatic rings. The van der Waals surface area contributed by atoms with Crippen LogP contribution in [0.25, 0.3) is 0 Å². The Balaban J connectivity index is 2.19. The van der Waals surface area contributed by atoms with Crippen LogP contribution in [0.2, 0.25) is 0 Å². The van der Waals surface area contributed by atoms with Crippen LogP contribution in [0.1, 0.15) is 26.7 Å². The standard InChI is InChI=1S/C10H22N2O/c1-3-11-6-8-12-7-4-5-10(2,13)9-12/h11,13H,3-9H2,1-2H3. The van der Waals surface area contributed by atoms with E-state index in [4.69, 9.17) is 0 Å². The molecule has 2 N–H and O–H groups in total. The van der Waals surface area contributed by atoms with Crippen molar-refractivity contribution in [1.29, 1.82) is 0 Å². The fourth-order valence-corrected chi connectivity index (χ4v) is 1.93. The molecule has 0 bridgehead atoms. The predicted octanol–water partition coefficient (Wildman–Crippen LogP) is 0.443. The summed E-state index contributed by atoms with van der Waals surface area (Å²) in [6, 6.07) is 0. The van der Waals surface area contributed by atoms with Gasteiger partial charge in [0.15, 0.2) is 0 Å². The molecular weight excluding hydrogens is 164 g/mol. The van der Waals surface area contributed by atoms with E-state index in [1.807, 2.05) is 6.92 Å². The lowest BCUT2D eigenvalue weighted by Crippen LogP contribution is -2.47. The third-order valence-electron chi connectivity index (χ3n) is 2.61. The highest BCUT2D eigenvalue weighted by molar-refractivity contribution is 4.82. The largest absolute Gasteiger partial charge is 0.389 e. The normalized spacial score (nSPS) is 30.7. The molecule has 3 nitrogen and oxygen atoms in total. The summed E-state index contributed by atoms with van der Waals surface area (Å²) in [5.41, 5.74) is -0.454. The Labute approximate surface area is 81.1 Å². The summed E-state index contributed by atoms with van der Waals surface area (Å²) in [7, 11) is 0. The smallest absolute Gasteiger partial charge is 0.0746 e. The molecule has 0 radical (unpaired) electrons. The second kappa shape index (κ2) is 4.94. The molecule has 13 heavy (non-hydrogen) atoms. The number of hydrogen-bond acceptors (Lipinski definition) is 3. The lowest BCUT2D eigenvalue weighted by molar-refractivity contribution is -0.0149. The van der Waals surface area contributed by atoms with Gasteiger partial charge >= 0.3 is 0 Å². The predicted molar refractivity (Wildman–Crippen MR) is 54.8 cm³/mol. The summed E-state index contributed by atoms with van der Waals surface area (Å²) < 4.78 is 0. The van der Waals surface area contributed by atoms with Crippen molar-refractivity contribution in [1.82, 2.24) is 10.2 Å². The van der Waals surface area contributed by atoms with Crippen molar-refractivity contribution >= 4 is 0 Å². The van der Waals surface area contributed by atoms with Gasteiger partial charge < -0.3 is 10.4 Å². The zero-order valence-corrected chi connectivity index (χ0v) is 8.84. The van der Waals surface area contributed by atoms with E-state index in [1.165, 1.54) is 0 Å². The molecule has 0 aliphatic carbocycles. The zero-order valence-electron chi connectivity index (χ0n) is 8.84. The SMILES string of the molecule is CCNCCN1CCCC(C)(O)C1. The molecule has 0 saturated carbocycles. The zero-order chi connectivity index (χ0) is 9.73. The number of nitrogens with one attached hydrogen (secondary N) is 1. The Hall–Kier alpha value is -0.120. The summed E-state index contributed by atoms with van der Waals surface area (Å²) in [6.07, 6.45) is 2.07. The number of rotatable bonds is 4. The van der Waals surface area contributed by atoms with Gasteiger partial charge in [0, 0.05) is 19.6 Å². The third kappa shape index (κ3) is 4.07. The highest BCUT2D eigenvalue weighted by Crippen LogP contribution is 2.19. The van der Waals surface area contributed by atoms with Crippen molar-refractivity contribution in [3.8, 4) is 0 Å². The molecule has 1 fully saturated rings. The minimum atomic E-state index is -0.454. The molecule has 78 valence electrons. The molecule has 3 heteroatoms. The Morgan fingerprint density at radius 2 is 2.31 bits per heavy atom. The van der Waals surface area contributed by atoms with Crippen LogP contribution in [0, 0.1) is 0 Å². The molecular formula is C10H22N2O. The van der Waals surface area contributed by atoms with Crippen LogP contribution in [0.4, 0.5) is 0 Å². The molecule has 0 spiro atoms. The number of aliphatic hydroxyl groups is 1. The average molecular weight is 186 g/mol. The molecule has 1 saturated heterocycles. The van der Waals surface area contributed by atoms with Gasteiger partial charge in [0.05, 0.1) is 5.60 Å². The first-order valence-electron chi connectivity index (χ1n) is 5.29. The van der Waals surface area contributed by atoms with E-state index in [0.29, 0.717) is 0 Å². The third-order valence-corrected chi connectivity index (χ3v) is 2.61. The quantitative estimate of drug-likeness (QED) is 0.626. The molecule has 0 aromatic carbocycles. The van der Waals surface area contributed by atoms with E-state index in [-0.39, 0.29) is 0 Å². The summed E-state index contributed by atoms with van der Waals surface area (Å²) in [5, 5.41) is 13.1. The number of piperidine rings is 1. The Bertz CT molecular complexity index is 148. The van der Waals surface area contributed by atoms with Crippen LogP contribution >= 0.6 is 0 Å². The van der Waals surface area contributed by atoms with Gasteiger partial charge in [0.2, 0.25) is 0 Å². The Morgan fingerprint density at radius 1 is 1.54 bits per heavy atom. The van der Waals surface area contributed by atoms with Gasteiger partial charge in [-0.05, 0) is 32.9 Å². The van der Waals surface area contributed by atoms with Crippen LogP contribution in [-0.4, -0.2) is 48.3 Å². The van der Waals surface area contributed by atoms with E-state index >= 15 is 0 Å². The molecule has 1 heterocycles. The Morgan fingerprint density at radius 3 is 2.92 bits per heavy atom. The first kappa shape index (κ1) is 11.0.